The zero-order chi connectivity index (χ0) is 13.9. The van der Waals surface area contributed by atoms with Crippen LogP contribution in [0.15, 0.2) is 12.3 Å². The lowest BCUT2D eigenvalue weighted by Crippen LogP contribution is -2.31. The minimum absolute atomic E-state index is 0.372. The van der Waals surface area contributed by atoms with Gasteiger partial charge in [-0.2, -0.15) is 0 Å². The molecule has 0 saturated heterocycles. The van der Waals surface area contributed by atoms with E-state index in [1.165, 1.54) is 0 Å². The molecule has 6 nitrogen and oxygen atoms in total. The number of rotatable bonds is 4. The third-order valence-electron chi connectivity index (χ3n) is 2.05. The van der Waals surface area contributed by atoms with Gasteiger partial charge in [0.05, 0.1) is 11.5 Å². The topological polar surface area (TPSA) is 76.3 Å². The van der Waals surface area contributed by atoms with E-state index in [2.05, 4.69) is 4.98 Å². The van der Waals surface area contributed by atoms with Crippen LogP contribution in [0.4, 0.5) is 14.5 Å². The Bertz CT molecular complexity index is 484. The van der Waals surface area contributed by atoms with E-state index < -0.39 is 34.6 Å². The van der Waals surface area contributed by atoms with E-state index in [0.717, 1.165) is 19.3 Å². The Labute approximate surface area is 105 Å². The number of hydrogen-bond donors (Lipinski definition) is 0. The number of hydrogen-bond acceptors (Lipinski definition) is 4. The van der Waals surface area contributed by atoms with Crippen LogP contribution in [0.3, 0.4) is 0 Å². The number of aromatic nitrogens is 1. The fourth-order valence-corrected chi connectivity index (χ4v) is 1.50. The smallest absolute Gasteiger partial charge is 0.319 e. The fourth-order valence-electron chi connectivity index (χ4n) is 1.27. The maximum atomic E-state index is 12.1. The molecule has 0 atom stereocenters. The number of amides is 1. The first-order valence-corrected chi connectivity index (χ1v) is 5.05. The van der Waals surface area contributed by atoms with Crippen LogP contribution in [-0.2, 0) is 0 Å². The van der Waals surface area contributed by atoms with Crippen molar-refractivity contribution in [3.05, 3.63) is 33.1 Å². The molecule has 0 bridgehead atoms. The summed E-state index contributed by atoms with van der Waals surface area (Å²) in [6, 6.07) is 1.06. The van der Waals surface area contributed by atoms with Gasteiger partial charge in [0.15, 0.2) is 0 Å². The van der Waals surface area contributed by atoms with E-state index in [4.69, 9.17) is 11.6 Å². The van der Waals surface area contributed by atoms with Crippen LogP contribution in [0.25, 0.3) is 0 Å². The Morgan fingerprint density at radius 1 is 1.67 bits per heavy atom. The molecule has 0 aromatic carbocycles. The van der Waals surface area contributed by atoms with Gasteiger partial charge in [-0.25, -0.2) is 13.8 Å². The van der Waals surface area contributed by atoms with Gasteiger partial charge in [-0.1, -0.05) is 11.6 Å². The van der Waals surface area contributed by atoms with Gasteiger partial charge in [0.1, 0.15) is 5.56 Å². The van der Waals surface area contributed by atoms with Crippen LogP contribution in [0, 0.1) is 10.1 Å². The van der Waals surface area contributed by atoms with Crippen molar-refractivity contribution in [1.82, 2.24) is 9.88 Å². The minimum Gasteiger partial charge on any atom is -0.336 e. The molecule has 1 aromatic heterocycles. The molecule has 0 radical (unpaired) electrons. The first-order chi connectivity index (χ1) is 8.34. The van der Waals surface area contributed by atoms with E-state index in [0.29, 0.717) is 4.90 Å². The SMILES string of the molecule is CN(CC(F)F)C(=O)c1ccnc(Cl)c1[N+](=O)[O-]. The average Bonchev–Trinajstić information content (AvgIpc) is 2.26. The number of halogens is 3. The second-order valence-corrected chi connectivity index (χ2v) is 3.69. The van der Waals surface area contributed by atoms with Crippen LogP contribution < -0.4 is 0 Å². The van der Waals surface area contributed by atoms with Gasteiger partial charge < -0.3 is 4.90 Å². The summed E-state index contributed by atoms with van der Waals surface area (Å²) in [5.74, 6) is -0.911. The van der Waals surface area contributed by atoms with Crippen LogP contribution >= 0.6 is 11.6 Å². The third-order valence-corrected chi connectivity index (χ3v) is 2.33. The van der Waals surface area contributed by atoms with Gasteiger partial charge in [-0.3, -0.25) is 14.9 Å². The standard InChI is InChI=1S/C9H8ClF2N3O3/c1-14(4-6(11)12)9(16)5-2-3-13-8(10)7(5)15(17)18/h2-3,6H,4H2,1H3. The van der Waals surface area contributed by atoms with Crippen LogP contribution in [0.5, 0.6) is 0 Å². The molecule has 1 amide bonds. The summed E-state index contributed by atoms with van der Waals surface area (Å²) in [4.78, 5) is 25.8. The van der Waals surface area contributed by atoms with Gasteiger partial charge in [0, 0.05) is 13.2 Å². The molecule has 1 rings (SSSR count). The van der Waals surface area contributed by atoms with Crippen molar-refractivity contribution in [2.24, 2.45) is 0 Å². The summed E-state index contributed by atoms with van der Waals surface area (Å²) in [5, 5.41) is 10.3. The summed E-state index contributed by atoms with van der Waals surface area (Å²) in [5.41, 5.74) is -1.06. The lowest BCUT2D eigenvalue weighted by atomic mass is 10.2. The molecule has 0 unspecified atom stereocenters. The normalized spacial score (nSPS) is 10.5. The van der Waals surface area contributed by atoms with Crippen molar-refractivity contribution in [3.8, 4) is 0 Å². The van der Waals surface area contributed by atoms with E-state index in [9.17, 15) is 23.7 Å². The Kier molecular flexibility index (Phi) is 4.49. The first kappa shape index (κ1) is 14.2. The monoisotopic (exact) mass is 279 g/mol. The predicted octanol–water partition coefficient (Wildman–Crippen LogP) is 1.98. The number of alkyl halides is 2. The highest BCUT2D eigenvalue weighted by Gasteiger charge is 2.27. The summed E-state index contributed by atoms with van der Waals surface area (Å²) in [7, 11) is 1.12. The molecule has 18 heavy (non-hydrogen) atoms. The molecule has 0 aliphatic heterocycles. The quantitative estimate of drug-likeness (QED) is 0.480. The summed E-state index contributed by atoms with van der Waals surface area (Å²) in [6.45, 7) is -0.823. The van der Waals surface area contributed by atoms with Crippen molar-refractivity contribution in [2.75, 3.05) is 13.6 Å². The average molecular weight is 280 g/mol. The molecule has 0 aliphatic carbocycles. The second-order valence-electron chi connectivity index (χ2n) is 3.33. The van der Waals surface area contributed by atoms with E-state index in [-0.39, 0.29) is 5.56 Å². The first-order valence-electron chi connectivity index (χ1n) is 4.67. The highest BCUT2D eigenvalue weighted by atomic mass is 35.5. The molecule has 0 aliphatic rings. The predicted molar refractivity (Wildman–Crippen MR) is 58.9 cm³/mol. The molecular formula is C9H8ClF2N3O3. The van der Waals surface area contributed by atoms with Crippen molar-refractivity contribution < 1.29 is 18.5 Å². The van der Waals surface area contributed by atoms with Gasteiger partial charge >= 0.3 is 5.69 Å². The highest BCUT2D eigenvalue weighted by molar-refractivity contribution is 6.32. The Morgan fingerprint density at radius 2 is 2.28 bits per heavy atom. The molecule has 1 aromatic rings. The number of carbonyl (C=O) groups excluding carboxylic acids is 1. The fraction of sp³-hybridized carbons (Fsp3) is 0.333. The molecule has 9 heteroatoms. The molecule has 0 N–H and O–H groups in total. The Hall–Kier alpha value is -1.83. The number of carbonyl (C=O) groups is 1. The molecule has 1 heterocycles. The third kappa shape index (κ3) is 3.10. The van der Waals surface area contributed by atoms with Gasteiger partial charge in [-0.05, 0) is 6.07 Å². The van der Waals surface area contributed by atoms with Gasteiger partial charge in [-0.15, -0.1) is 0 Å². The molecule has 98 valence electrons. The van der Waals surface area contributed by atoms with E-state index in [1.807, 2.05) is 0 Å². The van der Waals surface area contributed by atoms with Crippen LogP contribution in [-0.4, -0.2) is 40.7 Å². The van der Waals surface area contributed by atoms with Gasteiger partial charge in [0.25, 0.3) is 12.3 Å². The molecular weight excluding hydrogens is 272 g/mol. The number of nitro groups is 1. The summed E-state index contributed by atoms with van der Waals surface area (Å²) >= 11 is 5.51. The van der Waals surface area contributed by atoms with Crippen LogP contribution in [0.1, 0.15) is 10.4 Å². The van der Waals surface area contributed by atoms with Crippen LogP contribution in [0.2, 0.25) is 5.15 Å². The number of pyridine rings is 1. The lowest BCUT2D eigenvalue weighted by Gasteiger charge is -2.16. The molecule has 0 saturated carbocycles. The highest BCUT2D eigenvalue weighted by Crippen LogP contribution is 2.26. The van der Waals surface area contributed by atoms with Crippen molar-refractivity contribution in [1.29, 1.82) is 0 Å². The zero-order valence-corrected chi connectivity index (χ0v) is 9.90. The van der Waals surface area contributed by atoms with Crippen molar-refractivity contribution >= 4 is 23.2 Å². The second kappa shape index (κ2) is 5.67. The largest absolute Gasteiger partial charge is 0.336 e. The Balaban J connectivity index is 3.13. The summed E-state index contributed by atoms with van der Waals surface area (Å²) in [6.07, 6.45) is -1.63. The Morgan fingerprint density at radius 3 is 2.78 bits per heavy atom. The minimum atomic E-state index is -2.73. The maximum absolute atomic E-state index is 12.1. The van der Waals surface area contributed by atoms with Crippen molar-refractivity contribution in [2.45, 2.75) is 6.43 Å². The van der Waals surface area contributed by atoms with Crippen molar-refractivity contribution in [3.63, 3.8) is 0 Å². The molecule has 0 spiro atoms. The van der Waals surface area contributed by atoms with E-state index in [1.54, 1.807) is 0 Å². The van der Waals surface area contributed by atoms with Gasteiger partial charge in [0.2, 0.25) is 5.15 Å². The lowest BCUT2D eigenvalue weighted by molar-refractivity contribution is -0.385. The maximum Gasteiger partial charge on any atom is 0.319 e. The zero-order valence-electron chi connectivity index (χ0n) is 9.14. The molecule has 0 fully saturated rings. The van der Waals surface area contributed by atoms with E-state index >= 15 is 0 Å². The number of nitrogens with zero attached hydrogens (tertiary/aromatic N) is 3. The summed E-state index contributed by atoms with van der Waals surface area (Å²) < 4.78 is 24.3.